The zero-order valence-electron chi connectivity index (χ0n) is 8.60. The van der Waals surface area contributed by atoms with Gasteiger partial charge in [0.2, 0.25) is 0 Å². The van der Waals surface area contributed by atoms with Crippen LogP contribution in [0, 0.1) is 12.7 Å². The van der Waals surface area contributed by atoms with E-state index in [-0.39, 0.29) is 11.5 Å². The number of halogens is 1. The molecule has 14 heavy (non-hydrogen) atoms. The predicted octanol–water partition coefficient (Wildman–Crippen LogP) is 2.36. The largest absolute Gasteiger partial charge is 0.366 e. The van der Waals surface area contributed by atoms with Gasteiger partial charge >= 0.3 is 0 Å². The average Bonchev–Trinajstić information content (AvgIpc) is 2.07. The lowest BCUT2D eigenvalue weighted by Gasteiger charge is -2.11. The molecule has 0 radical (unpaired) electrons. The van der Waals surface area contributed by atoms with Crippen LogP contribution in [0.15, 0.2) is 12.1 Å². The molecule has 2 N–H and O–H groups in total. The molecule has 0 bridgehead atoms. The van der Waals surface area contributed by atoms with Gasteiger partial charge in [-0.3, -0.25) is 4.79 Å². The van der Waals surface area contributed by atoms with Gasteiger partial charge in [0.05, 0.1) is 5.56 Å². The molecule has 0 saturated heterocycles. The van der Waals surface area contributed by atoms with E-state index in [0.29, 0.717) is 0 Å². The van der Waals surface area contributed by atoms with Crippen molar-refractivity contribution in [2.75, 3.05) is 0 Å². The molecule has 1 aromatic rings. The quantitative estimate of drug-likeness (QED) is 0.773. The van der Waals surface area contributed by atoms with E-state index in [1.54, 1.807) is 0 Å². The summed E-state index contributed by atoms with van der Waals surface area (Å²) >= 11 is 0. The number of carbonyl (C=O) groups excluding carboxylic acids is 1. The summed E-state index contributed by atoms with van der Waals surface area (Å²) in [6.45, 7) is 5.80. The number of hydrogen-bond donors (Lipinski definition) is 1. The monoisotopic (exact) mass is 195 g/mol. The van der Waals surface area contributed by atoms with E-state index in [1.807, 2.05) is 20.8 Å². The van der Waals surface area contributed by atoms with Crippen molar-refractivity contribution in [2.45, 2.75) is 26.7 Å². The Bertz CT molecular complexity index is 372. The van der Waals surface area contributed by atoms with Gasteiger partial charge in [0.1, 0.15) is 5.82 Å². The second-order valence-electron chi connectivity index (χ2n) is 3.71. The van der Waals surface area contributed by atoms with Crippen molar-refractivity contribution in [3.05, 3.63) is 34.6 Å². The SMILES string of the molecule is Cc1cc(C(N)=O)c(F)cc1C(C)C. The third kappa shape index (κ3) is 1.92. The van der Waals surface area contributed by atoms with Gasteiger partial charge < -0.3 is 5.73 Å². The Balaban J connectivity index is 3.31. The molecule has 3 heteroatoms. The van der Waals surface area contributed by atoms with E-state index in [1.165, 1.54) is 12.1 Å². The van der Waals surface area contributed by atoms with Crippen LogP contribution in [0.1, 0.15) is 41.3 Å². The van der Waals surface area contributed by atoms with E-state index < -0.39 is 11.7 Å². The smallest absolute Gasteiger partial charge is 0.251 e. The first kappa shape index (κ1) is 10.7. The van der Waals surface area contributed by atoms with Crippen LogP contribution in [0.4, 0.5) is 4.39 Å². The highest BCUT2D eigenvalue weighted by molar-refractivity contribution is 5.93. The number of aryl methyl sites for hydroxylation is 1. The molecule has 0 aliphatic heterocycles. The Morgan fingerprint density at radius 2 is 2.00 bits per heavy atom. The fourth-order valence-electron chi connectivity index (χ4n) is 1.51. The highest BCUT2D eigenvalue weighted by atomic mass is 19.1. The van der Waals surface area contributed by atoms with Gasteiger partial charge in [0.25, 0.3) is 5.91 Å². The number of nitrogens with two attached hydrogens (primary N) is 1. The normalized spacial score (nSPS) is 10.6. The van der Waals surface area contributed by atoms with Gasteiger partial charge in [-0.2, -0.15) is 0 Å². The standard InChI is InChI=1S/C11H14FNO/c1-6(2)8-5-10(12)9(11(13)14)4-7(8)3/h4-6H,1-3H3,(H2,13,14). The maximum Gasteiger partial charge on any atom is 0.251 e. The Morgan fingerprint density at radius 3 is 2.43 bits per heavy atom. The molecule has 2 nitrogen and oxygen atoms in total. The first-order valence-corrected chi connectivity index (χ1v) is 4.53. The highest BCUT2D eigenvalue weighted by Gasteiger charge is 2.12. The third-order valence-corrected chi connectivity index (χ3v) is 2.24. The van der Waals surface area contributed by atoms with Crippen LogP contribution >= 0.6 is 0 Å². The lowest BCUT2D eigenvalue weighted by atomic mass is 9.95. The molecule has 0 atom stereocenters. The fraction of sp³-hybridized carbons (Fsp3) is 0.364. The molecule has 1 rings (SSSR count). The van der Waals surface area contributed by atoms with Crippen molar-refractivity contribution in [1.82, 2.24) is 0 Å². The topological polar surface area (TPSA) is 43.1 Å². The van der Waals surface area contributed by atoms with Crippen molar-refractivity contribution in [2.24, 2.45) is 5.73 Å². The van der Waals surface area contributed by atoms with Crippen LogP contribution in [0.5, 0.6) is 0 Å². The summed E-state index contributed by atoms with van der Waals surface area (Å²) in [7, 11) is 0. The summed E-state index contributed by atoms with van der Waals surface area (Å²) in [5.74, 6) is -1.01. The van der Waals surface area contributed by atoms with E-state index in [9.17, 15) is 9.18 Å². The van der Waals surface area contributed by atoms with E-state index in [0.717, 1.165) is 11.1 Å². The Kier molecular flexibility index (Phi) is 2.89. The van der Waals surface area contributed by atoms with Gasteiger partial charge in [-0.15, -0.1) is 0 Å². The number of benzene rings is 1. The molecular weight excluding hydrogens is 181 g/mol. The van der Waals surface area contributed by atoms with Crippen molar-refractivity contribution >= 4 is 5.91 Å². The molecule has 76 valence electrons. The Morgan fingerprint density at radius 1 is 1.43 bits per heavy atom. The number of primary amides is 1. The zero-order valence-corrected chi connectivity index (χ0v) is 8.60. The third-order valence-electron chi connectivity index (χ3n) is 2.24. The summed E-state index contributed by atoms with van der Waals surface area (Å²) in [4.78, 5) is 10.8. The second-order valence-corrected chi connectivity index (χ2v) is 3.71. The fourth-order valence-corrected chi connectivity index (χ4v) is 1.51. The first-order valence-electron chi connectivity index (χ1n) is 4.53. The van der Waals surface area contributed by atoms with Gasteiger partial charge in [-0.05, 0) is 36.1 Å². The molecule has 0 aliphatic rings. The zero-order chi connectivity index (χ0) is 10.9. The molecule has 1 amide bonds. The Hall–Kier alpha value is -1.38. The van der Waals surface area contributed by atoms with Crippen LogP contribution in [0.3, 0.4) is 0 Å². The molecule has 0 aromatic heterocycles. The van der Waals surface area contributed by atoms with Crippen molar-refractivity contribution < 1.29 is 9.18 Å². The predicted molar refractivity (Wildman–Crippen MR) is 53.7 cm³/mol. The van der Waals surface area contributed by atoms with E-state index in [2.05, 4.69) is 0 Å². The van der Waals surface area contributed by atoms with E-state index >= 15 is 0 Å². The summed E-state index contributed by atoms with van der Waals surface area (Å²) in [6, 6.07) is 2.90. The molecular formula is C11H14FNO. The minimum Gasteiger partial charge on any atom is -0.366 e. The molecule has 0 heterocycles. The highest BCUT2D eigenvalue weighted by Crippen LogP contribution is 2.22. The maximum absolute atomic E-state index is 13.3. The van der Waals surface area contributed by atoms with Crippen LogP contribution in [0.2, 0.25) is 0 Å². The van der Waals surface area contributed by atoms with Crippen LogP contribution < -0.4 is 5.73 Å². The summed E-state index contributed by atoms with van der Waals surface area (Å²) in [5.41, 5.74) is 6.80. The molecule has 0 saturated carbocycles. The van der Waals surface area contributed by atoms with Crippen LogP contribution in [-0.2, 0) is 0 Å². The number of amides is 1. The van der Waals surface area contributed by atoms with Crippen molar-refractivity contribution in [3.8, 4) is 0 Å². The minimum absolute atomic E-state index is 0.0353. The second kappa shape index (κ2) is 3.78. The van der Waals surface area contributed by atoms with Crippen LogP contribution in [-0.4, -0.2) is 5.91 Å². The maximum atomic E-state index is 13.3. The van der Waals surface area contributed by atoms with Crippen molar-refractivity contribution in [3.63, 3.8) is 0 Å². The molecule has 0 fully saturated rings. The van der Waals surface area contributed by atoms with Gasteiger partial charge in [0, 0.05) is 0 Å². The minimum atomic E-state index is -0.721. The lowest BCUT2D eigenvalue weighted by molar-refractivity contribution is 0.0996. The average molecular weight is 195 g/mol. The van der Waals surface area contributed by atoms with Gasteiger partial charge in [-0.1, -0.05) is 13.8 Å². The number of carbonyl (C=O) groups is 1. The first-order chi connectivity index (χ1) is 6.43. The summed E-state index contributed by atoms with van der Waals surface area (Å²) in [5, 5.41) is 0. The molecule has 0 unspecified atom stereocenters. The molecule has 0 aliphatic carbocycles. The van der Waals surface area contributed by atoms with Crippen molar-refractivity contribution in [1.29, 1.82) is 0 Å². The van der Waals surface area contributed by atoms with Gasteiger partial charge in [-0.25, -0.2) is 4.39 Å². The molecule has 0 spiro atoms. The lowest BCUT2D eigenvalue weighted by Crippen LogP contribution is -2.14. The number of rotatable bonds is 2. The summed E-state index contributed by atoms with van der Waals surface area (Å²) < 4.78 is 13.3. The molecule has 1 aromatic carbocycles. The van der Waals surface area contributed by atoms with Crippen LogP contribution in [0.25, 0.3) is 0 Å². The van der Waals surface area contributed by atoms with E-state index in [4.69, 9.17) is 5.73 Å². The Labute approximate surface area is 82.9 Å². The summed E-state index contributed by atoms with van der Waals surface area (Å²) in [6.07, 6.45) is 0. The van der Waals surface area contributed by atoms with Gasteiger partial charge in [0.15, 0.2) is 0 Å². The number of hydrogen-bond acceptors (Lipinski definition) is 1.